The first kappa shape index (κ1) is 20.1. The maximum Gasteiger partial charge on any atom is 0.317 e. The summed E-state index contributed by atoms with van der Waals surface area (Å²) in [6, 6.07) is 2.64. The van der Waals surface area contributed by atoms with Gasteiger partial charge in [-0.1, -0.05) is 13.0 Å². The van der Waals surface area contributed by atoms with Crippen molar-refractivity contribution in [3.8, 4) is 0 Å². The molecule has 0 bridgehead atoms. The molecule has 1 aromatic carbocycles. The highest BCUT2D eigenvalue weighted by atomic mass is 31.1. The standard InChI is InChI=1S/C16H15F3N5O3P/c1-10(15-14(19)5-20-7-22-15)16(27-28(25)26,6-24-9-21-8-23-24)12-3-2-11(17)4-13(12)18/h2-5,7-10,28H,6H2,1H3,(H,25,26)/t10-,16+/m0/s1. The summed E-state index contributed by atoms with van der Waals surface area (Å²) in [6.07, 6.45) is 4.46. The number of aromatic nitrogens is 5. The maximum absolute atomic E-state index is 14.7. The van der Waals surface area contributed by atoms with E-state index in [4.69, 9.17) is 4.52 Å². The SMILES string of the molecule is C[C@@H](c1ncncc1F)[C@@](Cn1cncn1)(O[PH](=O)O)c1ccc(F)cc1F. The van der Waals surface area contributed by atoms with Crippen LogP contribution in [0.5, 0.6) is 0 Å². The van der Waals surface area contributed by atoms with Crippen molar-refractivity contribution >= 4 is 8.25 Å². The van der Waals surface area contributed by atoms with Gasteiger partial charge in [0, 0.05) is 17.5 Å². The van der Waals surface area contributed by atoms with Crippen molar-refractivity contribution in [2.24, 2.45) is 0 Å². The second-order valence-electron chi connectivity index (χ2n) is 5.95. The highest BCUT2D eigenvalue weighted by Gasteiger charge is 2.46. The number of halogens is 3. The predicted molar refractivity (Wildman–Crippen MR) is 90.8 cm³/mol. The maximum atomic E-state index is 14.7. The highest BCUT2D eigenvalue weighted by Crippen LogP contribution is 2.47. The molecule has 0 radical (unpaired) electrons. The fourth-order valence-corrected chi connectivity index (χ4v) is 3.70. The highest BCUT2D eigenvalue weighted by molar-refractivity contribution is 7.32. The number of hydrogen-bond donors (Lipinski definition) is 1. The van der Waals surface area contributed by atoms with Crippen molar-refractivity contribution in [3.05, 3.63) is 72.1 Å². The molecule has 3 rings (SSSR count). The monoisotopic (exact) mass is 413 g/mol. The quantitative estimate of drug-likeness (QED) is 0.594. The molecule has 0 fully saturated rings. The van der Waals surface area contributed by atoms with Crippen LogP contribution in [0.3, 0.4) is 0 Å². The van der Waals surface area contributed by atoms with E-state index in [2.05, 4.69) is 20.1 Å². The first-order chi connectivity index (χ1) is 13.3. The normalized spacial score (nSPS) is 15.8. The van der Waals surface area contributed by atoms with Gasteiger partial charge in [-0.15, -0.1) is 0 Å². The molecular formula is C16H15F3N5O3P. The van der Waals surface area contributed by atoms with E-state index >= 15 is 0 Å². The molecular weight excluding hydrogens is 398 g/mol. The summed E-state index contributed by atoms with van der Waals surface area (Å²) in [5.41, 5.74) is -2.39. The van der Waals surface area contributed by atoms with Crippen LogP contribution in [0, 0.1) is 17.5 Å². The first-order valence-electron chi connectivity index (χ1n) is 7.99. The molecule has 148 valence electrons. The molecule has 0 saturated heterocycles. The lowest BCUT2D eigenvalue weighted by atomic mass is 9.79. The van der Waals surface area contributed by atoms with Crippen LogP contribution in [-0.2, 0) is 21.2 Å². The van der Waals surface area contributed by atoms with E-state index in [1.807, 2.05) is 0 Å². The molecule has 0 spiro atoms. The van der Waals surface area contributed by atoms with Crippen molar-refractivity contribution in [1.29, 1.82) is 0 Å². The summed E-state index contributed by atoms with van der Waals surface area (Å²) in [7, 11) is -3.67. The average molecular weight is 413 g/mol. The van der Waals surface area contributed by atoms with Gasteiger partial charge < -0.3 is 4.89 Å². The van der Waals surface area contributed by atoms with Gasteiger partial charge in [-0.25, -0.2) is 32.8 Å². The van der Waals surface area contributed by atoms with Crippen molar-refractivity contribution in [3.63, 3.8) is 0 Å². The Kier molecular flexibility index (Phi) is 5.87. The molecule has 8 nitrogen and oxygen atoms in total. The van der Waals surface area contributed by atoms with Gasteiger partial charge in [0.2, 0.25) is 0 Å². The minimum Gasteiger partial charge on any atom is -0.326 e. The van der Waals surface area contributed by atoms with Crippen molar-refractivity contribution < 1.29 is 27.2 Å². The zero-order chi connectivity index (χ0) is 20.3. The van der Waals surface area contributed by atoms with Crippen LogP contribution >= 0.6 is 8.25 Å². The van der Waals surface area contributed by atoms with Gasteiger partial charge in [-0.3, -0.25) is 9.09 Å². The van der Waals surface area contributed by atoms with Crippen LogP contribution < -0.4 is 0 Å². The molecule has 0 aliphatic rings. The third-order valence-electron chi connectivity index (χ3n) is 4.33. The van der Waals surface area contributed by atoms with E-state index in [-0.39, 0.29) is 17.8 Å². The molecule has 0 amide bonds. The Morgan fingerprint density at radius 1 is 1.25 bits per heavy atom. The lowest BCUT2D eigenvalue weighted by molar-refractivity contribution is 0.0112. The zero-order valence-corrected chi connectivity index (χ0v) is 15.5. The Morgan fingerprint density at radius 2 is 2.04 bits per heavy atom. The topological polar surface area (TPSA) is 103 Å². The summed E-state index contributed by atoms with van der Waals surface area (Å²) in [5, 5.41) is 3.91. The Labute approximate surface area is 158 Å². The number of rotatable bonds is 7. The van der Waals surface area contributed by atoms with Crippen LogP contribution in [0.4, 0.5) is 13.2 Å². The van der Waals surface area contributed by atoms with Crippen molar-refractivity contribution in [1.82, 2.24) is 24.7 Å². The zero-order valence-electron chi connectivity index (χ0n) is 14.5. The molecule has 0 saturated carbocycles. The van der Waals surface area contributed by atoms with Gasteiger partial charge in [0.15, 0.2) is 5.82 Å². The van der Waals surface area contributed by atoms with Crippen LogP contribution in [0.1, 0.15) is 24.1 Å². The summed E-state index contributed by atoms with van der Waals surface area (Å²) in [4.78, 5) is 20.8. The second kappa shape index (κ2) is 8.17. The van der Waals surface area contributed by atoms with Crippen LogP contribution in [0.15, 0.2) is 43.4 Å². The lowest BCUT2D eigenvalue weighted by Gasteiger charge is -2.38. The molecule has 28 heavy (non-hydrogen) atoms. The lowest BCUT2D eigenvalue weighted by Crippen LogP contribution is -2.40. The van der Waals surface area contributed by atoms with Crippen molar-refractivity contribution in [2.75, 3.05) is 0 Å². The third kappa shape index (κ3) is 3.96. The Morgan fingerprint density at radius 3 is 2.64 bits per heavy atom. The summed E-state index contributed by atoms with van der Waals surface area (Å²) < 4.78 is 60.8. The fraction of sp³-hybridized carbons (Fsp3) is 0.250. The number of nitrogens with zero attached hydrogens (tertiary/aromatic N) is 5. The minimum atomic E-state index is -3.67. The molecule has 1 N–H and O–H groups in total. The van der Waals surface area contributed by atoms with E-state index in [1.54, 1.807) is 0 Å². The summed E-state index contributed by atoms with van der Waals surface area (Å²) >= 11 is 0. The van der Waals surface area contributed by atoms with E-state index in [0.717, 1.165) is 24.7 Å². The fourth-order valence-electron chi connectivity index (χ4n) is 3.04. The van der Waals surface area contributed by atoms with Crippen LogP contribution in [0.25, 0.3) is 0 Å². The van der Waals surface area contributed by atoms with E-state index in [0.29, 0.717) is 6.07 Å². The summed E-state index contributed by atoms with van der Waals surface area (Å²) in [6.45, 7) is 1.12. The van der Waals surface area contributed by atoms with Gasteiger partial charge in [0.1, 0.15) is 36.2 Å². The molecule has 3 atom stereocenters. The molecule has 1 unspecified atom stereocenters. The largest absolute Gasteiger partial charge is 0.326 e. The average Bonchev–Trinajstić information content (AvgIpc) is 3.13. The van der Waals surface area contributed by atoms with Crippen molar-refractivity contribution in [2.45, 2.75) is 25.0 Å². The van der Waals surface area contributed by atoms with Gasteiger partial charge in [-0.2, -0.15) is 5.10 Å². The van der Waals surface area contributed by atoms with E-state index in [1.165, 1.54) is 24.3 Å². The predicted octanol–water partition coefficient (Wildman–Crippen LogP) is 2.58. The number of hydrogen-bond acceptors (Lipinski definition) is 6. The van der Waals surface area contributed by atoms with Gasteiger partial charge in [0.25, 0.3) is 0 Å². The van der Waals surface area contributed by atoms with Gasteiger partial charge in [-0.05, 0) is 6.07 Å². The summed E-state index contributed by atoms with van der Waals surface area (Å²) in [5.74, 6) is -3.81. The van der Waals surface area contributed by atoms with Crippen LogP contribution in [-0.4, -0.2) is 29.6 Å². The second-order valence-corrected chi connectivity index (χ2v) is 6.69. The van der Waals surface area contributed by atoms with Crippen LogP contribution in [0.2, 0.25) is 0 Å². The first-order valence-corrected chi connectivity index (χ1v) is 9.25. The van der Waals surface area contributed by atoms with Gasteiger partial charge >= 0.3 is 8.25 Å². The van der Waals surface area contributed by atoms with Gasteiger partial charge in [0.05, 0.1) is 18.4 Å². The van der Waals surface area contributed by atoms with E-state index in [9.17, 15) is 22.6 Å². The minimum absolute atomic E-state index is 0.179. The molecule has 3 aromatic rings. The smallest absolute Gasteiger partial charge is 0.317 e. The molecule has 0 aliphatic heterocycles. The molecule has 2 aromatic heterocycles. The Balaban J connectivity index is 2.25. The Bertz CT molecular complexity index is 991. The molecule has 12 heteroatoms. The third-order valence-corrected chi connectivity index (χ3v) is 4.86. The number of benzene rings is 1. The molecule has 0 aliphatic carbocycles. The molecule has 2 heterocycles. The Hall–Kier alpha value is -2.62. The van der Waals surface area contributed by atoms with E-state index < -0.39 is 37.2 Å².